The minimum Gasteiger partial charge on any atom is -0.462 e. The first-order valence-electron chi connectivity index (χ1n) is 10.4. The standard InChI is InChI=1S/C26H23ClN2O3/c1-3-32-26(31)20-6-4-5-7-23(20)28-25(30)22-16-29(15-18-10-8-17(2)9-11-18)24-13-12-19(27)14-21(22)24/h4-14,16H,3,15H2,1-2H3,(H,28,30). The van der Waals surface area contributed by atoms with Gasteiger partial charge in [-0.25, -0.2) is 4.79 Å². The van der Waals surface area contributed by atoms with E-state index in [-0.39, 0.29) is 12.5 Å². The molecule has 0 saturated carbocycles. The van der Waals surface area contributed by atoms with Crippen LogP contribution in [0.1, 0.15) is 38.8 Å². The second kappa shape index (κ2) is 9.28. The van der Waals surface area contributed by atoms with E-state index < -0.39 is 5.97 Å². The third-order valence-corrected chi connectivity index (χ3v) is 5.47. The van der Waals surface area contributed by atoms with Crippen molar-refractivity contribution in [2.45, 2.75) is 20.4 Å². The van der Waals surface area contributed by atoms with Crippen molar-refractivity contribution in [2.24, 2.45) is 0 Å². The minimum absolute atomic E-state index is 0.256. The van der Waals surface area contributed by atoms with Gasteiger partial charge >= 0.3 is 5.97 Å². The van der Waals surface area contributed by atoms with Gasteiger partial charge in [0.05, 0.1) is 23.4 Å². The molecule has 0 aliphatic rings. The molecule has 0 radical (unpaired) electrons. The second-order valence-electron chi connectivity index (χ2n) is 7.54. The van der Waals surface area contributed by atoms with E-state index in [1.54, 1.807) is 37.3 Å². The van der Waals surface area contributed by atoms with Gasteiger partial charge in [-0.3, -0.25) is 4.79 Å². The van der Waals surface area contributed by atoms with Crippen molar-refractivity contribution in [1.29, 1.82) is 0 Å². The maximum Gasteiger partial charge on any atom is 0.340 e. The number of hydrogen-bond acceptors (Lipinski definition) is 3. The van der Waals surface area contributed by atoms with E-state index in [0.29, 0.717) is 28.4 Å². The Bertz CT molecular complexity index is 1290. The molecule has 0 bridgehead atoms. The number of esters is 1. The Hall–Kier alpha value is -3.57. The summed E-state index contributed by atoms with van der Waals surface area (Å²) in [6.45, 7) is 4.66. The summed E-state index contributed by atoms with van der Waals surface area (Å²) in [7, 11) is 0. The minimum atomic E-state index is -0.478. The van der Waals surface area contributed by atoms with Crippen molar-refractivity contribution >= 4 is 40.1 Å². The number of nitrogens with one attached hydrogen (secondary N) is 1. The number of anilines is 1. The molecule has 1 N–H and O–H groups in total. The molecule has 0 unspecified atom stereocenters. The predicted molar refractivity (Wildman–Crippen MR) is 128 cm³/mol. The van der Waals surface area contributed by atoms with Crippen LogP contribution in [0.3, 0.4) is 0 Å². The molecule has 0 saturated heterocycles. The van der Waals surface area contributed by atoms with E-state index in [4.69, 9.17) is 16.3 Å². The summed E-state index contributed by atoms with van der Waals surface area (Å²) in [4.78, 5) is 25.5. The molecule has 162 valence electrons. The number of ether oxygens (including phenoxy) is 1. The van der Waals surface area contributed by atoms with Gasteiger partial charge in [-0.05, 0) is 49.7 Å². The van der Waals surface area contributed by atoms with Gasteiger partial charge in [0.25, 0.3) is 5.91 Å². The summed E-state index contributed by atoms with van der Waals surface area (Å²) in [5, 5.41) is 4.16. The summed E-state index contributed by atoms with van der Waals surface area (Å²) in [5.74, 6) is -0.801. The summed E-state index contributed by atoms with van der Waals surface area (Å²) in [6, 6.07) is 20.6. The van der Waals surface area contributed by atoms with Crippen LogP contribution < -0.4 is 5.32 Å². The lowest BCUT2D eigenvalue weighted by atomic mass is 10.1. The molecule has 6 heteroatoms. The van der Waals surface area contributed by atoms with Gasteiger partial charge < -0.3 is 14.6 Å². The zero-order valence-electron chi connectivity index (χ0n) is 17.9. The molecule has 1 amide bonds. The second-order valence-corrected chi connectivity index (χ2v) is 7.97. The molecule has 0 spiro atoms. The number of benzene rings is 3. The monoisotopic (exact) mass is 446 g/mol. The van der Waals surface area contributed by atoms with Gasteiger partial charge in [0, 0.05) is 28.7 Å². The van der Waals surface area contributed by atoms with E-state index in [2.05, 4.69) is 29.6 Å². The number of rotatable bonds is 6. The molecule has 0 fully saturated rings. The van der Waals surface area contributed by atoms with E-state index >= 15 is 0 Å². The Balaban J connectivity index is 1.70. The Kier molecular flexibility index (Phi) is 6.28. The number of hydrogen-bond donors (Lipinski definition) is 1. The molecule has 5 nitrogen and oxygen atoms in total. The smallest absolute Gasteiger partial charge is 0.340 e. The first kappa shape index (κ1) is 21.7. The van der Waals surface area contributed by atoms with Crippen molar-refractivity contribution in [3.8, 4) is 0 Å². The fourth-order valence-electron chi connectivity index (χ4n) is 3.64. The lowest BCUT2D eigenvalue weighted by Crippen LogP contribution is -2.15. The number of aromatic nitrogens is 1. The van der Waals surface area contributed by atoms with Crippen LogP contribution in [0.4, 0.5) is 5.69 Å². The molecule has 1 heterocycles. The van der Waals surface area contributed by atoms with E-state index in [1.807, 2.05) is 29.8 Å². The van der Waals surface area contributed by atoms with E-state index in [1.165, 1.54) is 5.56 Å². The number of fused-ring (bicyclic) bond motifs is 1. The van der Waals surface area contributed by atoms with Crippen molar-refractivity contribution < 1.29 is 14.3 Å². The number of amides is 1. The predicted octanol–water partition coefficient (Wildman–Crippen LogP) is 6.08. The molecule has 4 rings (SSSR count). The van der Waals surface area contributed by atoms with Crippen molar-refractivity contribution in [3.05, 3.63) is 100 Å². The summed E-state index contributed by atoms with van der Waals surface area (Å²) >= 11 is 6.24. The van der Waals surface area contributed by atoms with Gasteiger partial charge in [-0.15, -0.1) is 0 Å². The van der Waals surface area contributed by atoms with Crippen LogP contribution in [0.2, 0.25) is 5.02 Å². The van der Waals surface area contributed by atoms with Gasteiger partial charge in [0.1, 0.15) is 0 Å². The Labute approximate surface area is 191 Å². The fourth-order valence-corrected chi connectivity index (χ4v) is 3.81. The molecule has 0 aliphatic heterocycles. The quantitative estimate of drug-likeness (QED) is 0.365. The number of aryl methyl sites for hydroxylation is 1. The lowest BCUT2D eigenvalue weighted by Gasteiger charge is -2.10. The summed E-state index contributed by atoms with van der Waals surface area (Å²) in [5.41, 5.74) is 4.41. The third kappa shape index (κ3) is 4.53. The zero-order chi connectivity index (χ0) is 22.7. The van der Waals surface area contributed by atoms with Crippen LogP contribution in [0.25, 0.3) is 10.9 Å². The maximum atomic E-state index is 13.3. The SMILES string of the molecule is CCOC(=O)c1ccccc1NC(=O)c1cn(Cc2ccc(C)cc2)c2ccc(Cl)cc12. The van der Waals surface area contributed by atoms with E-state index in [9.17, 15) is 9.59 Å². The molecule has 0 aliphatic carbocycles. The summed E-state index contributed by atoms with van der Waals surface area (Å²) < 4.78 is 7.14. The van der Waals surface area contributed by atoms with Crippen LogP contribution in [0.15, 0.2) is 72.9 Å². The van der Waals surface area contributed by atoms with Crippen LogP contribution >= 0.6 is 11.6 Å². The Morgan fingerprint density at radius 3 is 2.50 bits per heavy atom. The average molecular weight is 447 g/mol. The highest BCUT2D eigenvalue weighted by Crippen LogP contribution is 2.27. The number of carbonyl (C=O) groups is 2. The van der Waals surface area contributed by atoms with Crippen LogP contribution in [-0.4, -0.2) is 23.1 Å². The van der Waals surface area contributed by atoms with Gasteiger partial charge in [0.2, 0.25) is 0 Å². The van der Waals surface area contributed by atoms with Crippen LogP contribution in [0, 0.1) is 6.92 Å². The number of halogens is 1. The highest BCUT2D eigenvalue weighted by molar-refractivity contribution is 6.31. The Morgan fingerprint density at radius 1 is 1.00 bits per heavy atom. The van der Waals surface area contributed by atoms with Crippen molar-refractivity contribution in [3.63, 3.8) is 0 Å². The number of nitrogens with zero attached hydrogens (tertiary/aromatic N) is 1. The fraction of sp³-hybridized carbons (Fsp3) is 0.154. The molecule has 32 heavy (non-hydrogen) atoms. The molecule has 1 aromatic heterocycles. The highest BCUT2D eigenvalue weighted by atomic mass is 35.5. The topological polar surface area (TPSA) is 60.3 Å². The normalized spacial score (nSPS) is 10.8. The maximum absolute atomic E-state index is 13.3. The Morgan fingerprint density at radius 2 is 1.75 bits per heavy atom. The average Bonchev–Trinajstić information content (AvgIpc) is 3.13. The first-order chi connectivity index (χ1) is 15.5. The van der Waals surface area contributed by atoms with Gasteiger partial charge in [-0.2, -0.15) is 0 Å². The van der Waals surface area contributed by atoms with Gasteiger partial charge in [-0.1, -0.05) is 53.6 Å². The zero-order valence-corrected chi connectivity index (χ0v) is 18.6. The van der Waals surface area contributed by atoms with Crippen LogP contribution in [0.5, 0.6) is 0 Å². The lowest BCUT2D eigenvalue weighted by molar-refractivity contribution is 0.0527. The van der Waals surface area contributed by atoms with Gasteiger partial charge in [0.15, 0.2) is 0 Å². The number of para-hydroxylation sites is 1. The molecular weight excluding hydrogens is 424 g/mol. The molecular formula is C26H23ClN2O3. The molecule has 3 aromatic carbocycles. The van der Waals surface area contributed by atoms with Crippen molar-refractivity contribution in [1.82, 2.24) is 4.57 Å². The molecule has 0 atom stereocenters. The largest absolute Gasteiger partial charge is 0.462 e. The third-order valence-electron chi connectivity index (χ3n) is 5.23. The molecule has 4 aromatic rings. The summed E-state index contributed by atoms with van der Waals surface area (Å²) in [6.07, 6.45) is 1.82. The van der Waals surface area contributed by atoms with E-state index in [0.717, 1.165) is 16.5 Å². The van der Waals surface area contributed by atoms with Crippen LogP contribution in [-0.2, 0) is 11.3 Å². The van der Waals surface area contributed by atoms with Crippen molar-refractivity contribution in [2.75, 3.05) is 11.9 Å². The first-order valence-corrected chi connectivity index (χ1v) is 10.8. The number of carbonyl (C=O) groups excluding carboxylic acids is 2. The highest BCUT2D eigenvalue weighted by Gasteiger charge is 2.19.